The fourth-order valence-corrected chi connectivity index (χ4v) is 7.71. The lowest BCUT2D eigenvalue weighted by molar-refractivity contribution is -0.270. The molecule has 1 amide bonds. The molecule has 366 valence electrons. The number of rotatable bonds is 19. The first kappa shape index (κ1) is 51.7. The molecule has 0 bridgehead atoms. The van der Waals surface area contributed by atoms with Crippen molar-refractivity contribution >= 4 is 35.0 Å². The van der Waals surface area contributed by atoms with Crippen LogP contribution in [-0.2, 0) is 23.0 Å². The zero-order valence-electron chi connectivity index (χ0n) is 37.9. The highest BCUT2D eigenvalue weighted by Gasteiger charge is 2.56. The van der Waals surface area contributed by atoms with Crippen LogP contribution in [-0.4, -0.2) is 77.3 Å². The number of nitrogens with one attached hydrogen (secondary N) is 2. The van der Waals surface area contributed by atoms with E-state index in [4.69, 9.17) is 9.47 Å². The summed E-state index contributed by atoms with van der Waals surface area (Å²) in [6.07, 6.45) is -5.88. The number of carbonyl (C=O) groups is 4. The van der Waals surface area contributed by atoms with E-state index < -0.39 is 88.8 Å². The average Bonchev–Trinajstić information content (AvgIpc) is 3.33. The van der Waals surface area contributed by atoms with E-state index in [2.05, 4.69) is 10.6 Å². The number of amides is 1. The van der Waals surface area contributed by atoms with Crippen molar-refractivity contribution in [1.29, 1.82) is 0 Å². The average molecular weight is 973 g/mol. The molecule has 6 rings (SSSR count). The third kappa shape index (κ3) is 10.8. The van der Waals surface area contributed by atoms with Gasteiger partial charge in [-0.15, -0.1) is 0 Å². The summed E-state index contributed by atoms with van der Waals surface area (Å²) in [5.74, 6) is -3.61. The smallest absolute Gasteiger partial charge is 0.424 e. The van der Waals surface area contributed by atoms with Crippen molar-refractivity contribution in [1.82, 2.24) is 0 Å². The maximum Gasteiger partial charge on any atom is 0.424 e. The van der Waals surface area contributed by atoms with E-state index >= 15 is 0 Å². The first-order valence-corrected chi connectivity index (χ1v) is 21.3. The molecule has 0 heterocycles. The highest BCUT2D eigenvalue weighted by molar-refractivity contribution is 6.11. The van der Waals surface area contributed by atoms with Crippen molar-refractivity contribution in [2.24, 2.45) is 0 Å². The Morgan fingerprint density at radius 2 is 1.00 bits per heavy atom. The Morgan fingerprint density at radius 1 is 0.557 bits per heavy atom. The molecule has 6 N–H and O–H groups in total. The van der Waals surface area contributed by atoms with E-state index in [1.165, 1.54) is 62.5 Å². The molecule has 0 radical (unpaired) electrons. The van der Waals surface area contributed by atoms with E-state index in [1.54, 1.807) is 36.4 Å². The molecule has 0 saturated heterocycles. The summed E-state index contributed by atoms with van der Waals surface area (Å²) in [7, 11) is 1.44. The van der Waals surface area contributed by atoms with Crippen molar-refractivity contribution in [3.8, 4) is 23.0 Å². The zero-order valence-corrected chi connectivity index (χ0v) is 37.9. The van der Waals surface area contributed by atoms with Gasteiger partial charge in [-0.2, -0.15) is 13.2 Å². The van der Waals surface area contributed by atoms with Crippen LogP contribution in [0.25, 0.3) is 0 Å². The number of anilines is 2. The lowest BCUT2D eigenvalue weighted by Crippen LogP contribution is -2.45. The number of benzene rings is 6. The summed E-state index contributed by atoms with van der Waals surface area (Å²) < 4.78 is 97.2. The lowest BCUT2D eigenvalue weighted by Gasteiger charge is -2.30. The van der Waals surface area contributed by atoms with Gasteiger partial charge in [-0.25, -0.2) is 22.8 Å². The monoisotopic (exact) mass is 972 g/mol. The molecule has 18 heteroatoms. The van der Waals surface area contributed by atoms with Gasteiger partial charge in [-0.1, -0.05) is 62.4 Å². The molecule has 0 aliphatic carbocycles. The Hall–Kier alpha value is -7.70. The minimum Gasteiger partial charge on any atom is -0.478 e. The molecule has 12 nitrogen and oxygen atoms in total. The largest absolute Gasteiger partial charge is 0.478 e. The molecule has 1 unspecified atom stereocenters. The van der Waals surface area contributed by atoms with Gasteiger partial charge >= 0.3 is 18.1 Å². The Balaban J connectivity index is 1.23. The SMILES string of the molecule is CNc1ccc(Cc2ccc(NC(=O)c3cc(Oc4ccc(C(C)(C)c5ccc(Oc6ccc(C(=O)O)c(C(C)=O)c6)cc5)cc4)ccc3C(=O)O)c(C(O)(CF)C(F)(F)F)c2)cc1C(O)(CF)CF. The number of halogens is 6. The Bertz CT molecular complexity index is 2940. The number of ether oxygens (including phenoxy) is 2. The normalized spacial score (nSPS) is 12.7. The number of carbonyl (C=O) groups excluding carboxylic acids is 2. The zero-order chi connectivity index (χ0) is 51.3. The highest BCUT2D eigenvalue weighted by Crippen LogP contribution is 2.44. The van der Waals surface area contributed by atoms with Crippen LogP contribution in [0.15, 0.2) is 121 Å². The molecule has 70 heavy (non-hydrogen) atoms. The van der Waals surface area contributed by atoms with Crippen molar-refractivity contribution in [2.75, 3.05) is 37.7 Å². The summed E-state index contributed by atoms with van der Waals surface area (Å²) in [5.41, 5.74) is -8.47. The molecule has 0 fully saturated rings. The second kappa shape index (κ2) is 20.5. The van der Waals surface area contributed by atoms with Gasteiger partial charge in [-0.3, -0.25) is 9.59 Å². The molecular weight excluding hydrogens is 927 g/mol. The van der Waals surface area contributed by atoms with E-state index in [0.29, 0.717) is 5.75 Å². The number of carboxylic acids is 2. The van der Waals surface area contributed by atoms with Gasteiger partial charge in [0.15, 0.2) is 5.78 Å². The number of ketones is 1. The van der Waals surface area contributed by atoms with Gasteiger partial charge in [0.2, 0.25) is 5.60 Å². The Morgan fingerprint density at radius 3 is 1.43 bits per heavy atom. The van der Waals surface area contributed by atoms with E-state index in [9.17, 15) is 65.9 Å². The standard InChI is InChI=1S/C52H46F6N2O10/c1-29(61)40-24-36(15-17-38(40)47(63)64)69-34-11-7-32(8-12-34)49(2,3)33-9-13-35(14-10-33)70-37-16-18-39(48(65)66)41(25-37)46(62)60-45-20-6-31(23-43(45)51(68,28-55)52(56,57)58)21-30-5-19-44(59-4)42(22-30)50(67,26-53)27-54/h5-20,22-25,59,67-68H,21,26-28H2,1-4H3,(H,60,62)(H,63,64)(H,65,66). The predicted molar refractivity (Wildman–Crippen MR) is 247 cm³/mol. The molecule has 0 saturated carbocycles. The van der Waals surface area contributed by atoms with Crippen molar-refractivity contribution < 1.29 is 75.4 Å². The van der Waals surface area contributed by atoms with Crippen LogP contribution in [0.2, 0.25) is 0 Å². The number of alkyl halides is 6. The topological polar surface area (TPSA) is 192 Å². The van der Waals surface area contributed by atoms with Crippen LogP contribution in [0, 0.1) is 0 Å². The van der Waals surface area contributed by atoms with Gasteiger partial charge in [0.1, 0.15) is 48.6 Å². The highest BCUT2D eigenvalue weighted by atomic mass is 19.4. The summed E-state index contributed by atoms with van der Waals surface area (Å²) in [6, 6.07) is 28.4. The molecule has 0 aromatic heterocycles. The van der Waals surface area contributed by atoms with Crippen LogP contribution in [0.1, 0.15) is 95.6 Å². The molecule has 0 spiro atoms. The predicted octanol–water partition coefficient (Wildman–Crippen LogP) is 10.9. The van der Waals surface area contributed by atoms with E-state index in [1.807, 2.05) is 26.0 Å². The second-order valence-electron chi connectivity index (χ2n) is 16.9. The Kier molecular flexibility index (Phi) is 15.1. The van der Waals surface area contributed by atoms with Gasteiger partial charge in [0, 0.05) is 40.5 Å². The lowest BCUT2D eigenvalue weighted by atomic mass is 9.78. The van der Waals surface area contributed by atoms with Crippen LogP contribution in [0.3, 0.4) is 0 Å². The van der Waals surface area contributed by atoms with Crippen LogP contribution >= 0.6 is 0 Å². The number of carboxylic acid groups (broad SMARTS) is 2. The third-order valence-corrected chi connectivity index (χ3v) is 11.8. The fourth-order valence-electron chi connectivity index (χ4n) is 7.71. The van der Waals surface area contributed by atoms with Crippen LogP contribution in [0.5, 0.6) is 23.0 Å². The summed E-state index contributed by atoms with van der Waals surface area (Å²) >= 11 is 0. The maximum absolute atomic E-state index is 14.5. The third-order valence-electron chi connectivity index (χ3n) is 11.8. The summed E-state index contributed by atoms with van der Waals surface area (Å²) in [4.78, 5) is 49.7. The minimum absolute atomic E-state index is 0.00578. The summed E-state index contributed by atoms with van der Waals surface area (Å²) in [6.45, 7) is -0.198. The first-order chi connectivity index (χ1) is 33.0. The van der Waals surface area contributed by atoms with Crippen molar-refractivity contribution in [3.05, 3.63) is 177 Å². The number of hydrogen-bond donors (Lipinski definition) is 6. The molecule has 1 atom stereocenters. The van der Waals surface area contributed by atoms with E-state index in [-0.39, 0.29) is 57.2 Å². The number of aromatic carboxylic acids is 2. The molecule has 0 aliphatic heterocycles. The van der Waals surface area contributed by atoms with Gasteiger partial charge in [0.25, 0.3) is 5.91 Å². The van der Waals surface area contributed by atoms with Crippen molar-refractivity contribution in [3.63, 3.8) is 0 Å². The minimum atomic E-state index is -5.63. The van der Waals surface area contributed by atoms with Crippen LogP contribution in [0.4, 0.5) is 37.7 Å². The number of aliphatic hydroxyl groups is 2. The number of hydrogen-bond acceptors (Lipinski definition) is 9. The fraction of sp³-hybridized carbons (Fsp3) is 0.231. The number of Topliss-reactive ketones (excluding diaryl/α,β-unsaturated/α-hetero) is 1. The second-order valence-corrected chi connectivity index (χ2v) is 16.9. The Labute approximate surface area is 397 Å². The van der Waals surface area contributed by atoms with Crippen LogP contribution < -0.4 is 20.1 Å². The molecule has 6 aromatic carbocycles. The van der Waals surface area contributed by atoms with Gasteiger partial charge < -0.3 is 40.5 Å². The molecule has 6 aromatic rings. The molecular formula is C52H46F6N2O10. The maximum atomic E-state index is 14.5. The van der Waals surface area contributed by atoms with Crippen molar-refractivity contribution in [2.45, 2.75) is 50.0 Å². The van der Waals surface area contributed by atoms with Gasteiger partial charge in [0.05, 0.1) is 16.7 Å². The quantitative estimate of drug-likeness (QED) is 0.0334. The molecule has 0 aliphatic rings. The first-order valence-electron chi connectivity index (χ1n) is 21.3. The van der Waals surface area contributed by atoms with E-state index in [0.717, 1.165) is 35.4 Å². The van der Waals surface area contributed by atoms with Gasteiger partial charge in [-0.05, 0) is 108 Å². The summed E-state index contributed by atoms with van der Waals surface area (Å²) in [5, 5.41) is 45.7.